The fraction of sp³-hybridized carbons (Fsp3) is 0.793. The van der Waals surface area contributed by atoms with Gasteiger partial charge >= 0.3 is 0 Å². The number of hydrogen-bond acceptors (Lipinski definition) is 1. The second-order valence-electron chi connectivity index (χ2n) is 12.0. The molecule has 0 radical (unpaired) electrons. The molecule has 31 heavy (non-hydrogen) atoms. The molecule has 1 aromatic carbocycles. The lowest BCUT2D eigenvalue weighted by molar-refractivity contribution is -0.0149. The summed E-state index contributed by atoms with van der Waals surface area (Å²) in [6, 6.07) is 12.2. The first kappa shape index (κ1) is 25.0. The van der Waals surface area contributed by atoms with Gasteiger partial charge in [0.15, 0.2) is 9.76 Å². The van der Waals surface area contributed by atoms with Crippen molar-refractivity contribution < 1.29 is 4.43 Å². The van der Waals surface area contributed by atoms with E-state index in [1.807, 2.05) is 0 Å². The van der Waals surface area contributed by atoms with Crippen LogP contribution >= 0.6 is 0 Å². The van der Waals surface area contributed by atoms with Crippen LogP contribution in [0.15, 0.2) is 30.3 Å². The summed E-state index contributed by atoms with van der Waals surface area (Å²) in [4.78, 5) is 0. The summed E-state index contributed by atoms with van der Waals surface area (Å²) < 4.78 is 6.67. The standard InChI is InChI=1S/C29H50OSi/c1-20(2)25-14-12-22(5)16-27(25)29(18-30-31-19-24-10-8-7-9-11-24)28-17-23(6)13-15-26(28)21(3)4/h7-11,20-23,25-29H,12-19,31H2,1-6H3. The van der Waals surface area contributed by atoms with Crippen LogP contribution in [0.25, 0.3) is 0 Å². The fourth-order valence-corrected chi connectivity index (χ4v) is 8.31. The first-order valence-electron chi connectivity index (χ1n) is 13.5. The minimum absolute atomic E-state index is 0.500. The Morgan fingerprint density at radius 1 is 0.774 bits per heavy atom. The lowest BCUT2D eigenvalue weighted by atomic mass is 9.57. The molecule has 0 N–H and O–H groups in total. The highest BCUT2D eigenvalue weighted by Crippen LogP contribution is 2.50. The van der Waals surface area contributed by atoms with Gasteiger partial charge in [0.05, 0.1) is 0 Å². The van der Waals surface area contributed by atoms with E-state index in [4.69, 9.17) is 4.43 Å². The predicted octanol–water partition coefficient (Wildman–Crippen LogP) is 7.32. The molecule has 0 saturated heterocycles. The van der Waals surface area contributed by atoms with E-state index in [1.54, 1.807) is 0 Å². The van der Waals surface area contributed by atoms with E-state index >= 15 is 0 Å². The molecule has 2 aliphatic carbocycles. The van der Waals surface area contributed by atoms with Crippen LogP contribution in [0.3, 0.4) is 0 Å². The van der Waals surface area contributed by atoms with Crippen LogP contribution in [0.5, 0.6) is 0 Å². The number of rotatable bonds is 9. The molecular formula is C29H50OSi. The molecule has 1 aromatic rings. The van der Waals surface area contributed by atoms with E-state index in [-0.39, 0.29) is 0 Å². The fourth-order valence-electron chi connectivity index (χ4n) is 7.16. The quantitative estimate of drug-likeness (QED) is 0.287. The molecule has 2 fully saturated rings. The van der Waals surface area contributed by atoms with E-state index in [9.17, 15) is 0 Å². The van der Waals surface area contributed by atoms with Crippen LogP contribution in [0.4, 0.5) is 0 Å². The Bertz CT molecular complexity index is 595. The molecule has 2 saturated carbocycles. The molecule has 0 aliphatic heterocycles. The lowest BCUT2D eigenvalue weighted by Gasteiger charge is -2.49. The van der Waals surface area contributed by atoms with Gasteiger partial charge < -0.3 is 4.43 Å². The van der Waals surface area contributed by atoms with Gasteiger partial charge in [0, 0.05) is 6.61 Å². The molecule has 1 nitrogen and oxygen atoms in total. The summed E-state index contributed by atoms with van der Waals surface area (Å²) in [5.74, 6) is 7.69. The third kappa shape index (κ3) is 6.94. The molecule has 0 amide bonds. The van der Waals surface area contributed by atoms with Crippen molar-refractivity contribution >= 4 is 9.76 Å². The zero-order valence-corrected chi connectivity index (χ0v) is 22.8. The highest BCUT2D eigenvalue weighted by atomic mass is 28.2. The maximum atomic E-state index is 6.67. The van der Waals surface area contributed by atoms with Gasteiger partial charge in [0.25, 0.3) is 0 Å². The average Bonchev–Trinajstić information content (AvgIpc) is 2.74. The Morgan fingerprint density at radius 2 is 1.29 bits per heavy atom. The summed E-state index contributed by atoms with van der Waals surface area (Å²) in [6.45, 7) is 16.0. The molecular weight excluding hydrogens is 392 g/mol. The van der Waals surface area contributed by atoms with Gasteiger partial charge in [-0.05, 0) is 90.6 Å². The normalized spacial score (nSPS) is 33.4. The molecule has 6 atom stereocenters. The predicted molar refractivity (Wildman–Crippen MR) is 138 cm³/mol. The summed E-state index contributed by atoms with van der Waals surface area (Å²) in [6.07, 6.45) is 8.63. The van der Waals surface area contributed by atoms with E-state index in [1.165, 1.54) is 50.1 Å². The maximum Gasteiger partial charge on any atom is 0.165 e. The average molecular weight is 443 g/mol. The summed E-state index contributed by atoms with van der Waals surface area (Å²) in [5, 5.41) is 0. The van der Waals surface area contributed by atoms with Crippen LogP contribution in [0.1, 0.15) is 85.6 Å². The van der Waals surface area contributed by atoms with Crippen LogP contribution in [-0.4, -0.2) is 16.4 Å². The summed E-state index contributed by atoms with van der Waals surface area (Å²) >= 11 is 0. The third-order valence-corrected chi connectivity index (χ3v) is 10.2. The monoisotopic (exact) mass is 442 g/mol. The van der Waals surface area contributed by atoms with Crippen molar-refractivity contribution in [2.75, 3.05) is 6.61 Å². The highest BCUT2D eigenvalue weighted by molar-refractivity contribution is 6.26. The van der Waals surface area contributed by atoms with Crippen molar-refractivity contribution in [2.24, 2.45) is 53.3 Å². The largest absolute Gasteiger partial charge is 0.423 e. The minimum Gasteiger partial charge on any atom is -0.423 e. The van der Waals surface area contributed by atoms with Gasteiger partial charge in [0.2, 0.25) is 0 Å². The van der Waals surface area contributed by atoms with Gasteiger partial charge in [0.1, 0.15) is 0 Å². The van der Waals surface area contributed by atoms with Crippen molar-refractivity contribution in [2.45, 2.75) is 86.1 Å². The Morgan fingerprint density at radius 3 is 1.77 bits per heavy atom. The molecule has 2 aliphatic rings. The number of hydrogen-bond donors (Lipinski definition) is 0. The van der Waals surface area contributed by atoms with Crippen LogP contribution in [0, 0.1) is 53.3 Å². The SMILES string of the molecule is CC1CCC(C(C)C)C(C(CO[SiH2]Cc2ccccc2)C2CC(C)CCC2C(C)C)C1. The van der Waals surface area contributed by atoms with E-state index in [2.05, 4.69) is 71.9 Å². The maximum absolute atomic E-state index is 6.67. The van der Waals surface area contributed by atoms with Gasteiger partial charge in [-0.15, -0.1) is 0 Å². The minimum atomic E-state index is -0.500. The zero-order chi connectivity index (χ0) is 22.4. The van der Waals surface area contributed by atoms with Gasteiger partial charge in [-0.2, -0.15) is 0 Å². The first-order chi connectivity index (χ1) is 14.9. The molecule has 0 spiro atoms. The van der Waals surface area contributed by atoms with Crippen LogP contribution in [0.2, 0.25) is 0 Å². The number of benzene rings is 1. The highest BCUT2D eigenvalue weighted by Gasteiger charge is 2.43. The third-order valence-electron chi connectivity index (χ3n) is 8.94. The van der Waals surface area contributed by atoms with Gasteiger partial charge in [-0.3, -0.25) is 0 Å². The molecule has 0 bridgehead atoms. The topological polar surface area (TPSA) is 9.23 Å². The smallest absolute Gasteiger partial charge is 0.165 e. The van der Waals surface area contributed by atoms with Crippen LogP contribution in [-0.2, 0) is 10.5 Å². The molecule has 0 aromatic heterocycles. The Kier molecular flexibility index (Phi) is 9.71. The van der Waals surface area contributed by atoms with E-state index < -0.39 is 9.76 Å². The Balaban J connectivity index is 1.76. The second kappa shape index (κ2) is 12.0. The molecule has 6 unspecified atom stereocenters. The summed E-state index contributed by atoms with van der Waals surface area (Å²) in [7, 11) is -0.500. The molecule has 176 valence electrons. The van der Waals surface area contributed by atoms with E-state index in [0.717, 1.165) is 59.9 Å². The molecule has 3 rings (SSSR count). The second-order valence-corrected chi connectivity index (χ2v) is 13.3. The Hall–Kier alpha value is -0.603. The summed E-state index contributed by atoms with van der Waals surface area (Å²) in [5.41, 5.74) is 1.46. The Labute approximate surface area is 196 Å². The van der Waals surface area contributed by atoms with E-state index in [0.29, 0.717) is 0 Å². The first-order valence-corrected chi connectivity index (χ1v) is 15.1. The lowest BCUT2D eigenvalue weighted by Crippen LogP contribution is -2.43. The van der Waals surface area contributed by atoms with Crippen molar-refractivity contribution in [3.8, 4) is 0 Å². The van der Waals surface area contributed by atoms with Gasteiger partial charge in [-0.25, -0.2) is 0 Å². The molecule has 2 heteroatoms. The van der Waals surface area contributed by atoms with Crippen molar-refractivity contribution in [3.63, 3.8) is 0 Å². The molecule has 0 heterocycles. The zero-order valence-electron chi connectivity index (χ0n) is 21.4. The van der Waals surface area contributed by atoms with Crippen molar-refractivity contribution in [1.82, 2.24) is 0 Å². The van der Waals surface area contributed by atoms with Crippen molar-refractivity contribution in [3.05, 3.63) is 35.9 Å². The van der Waals surface area contributed by atoms with Crippen molar-refractivity contribution in [1.29, 1.82) is 0 Å². The van der Waals surface area contributed by atoms with Crippen LogP contribution < -0.4 is 0 Å². The van der Waals surface area contributed by atoms with Gasteiger partial charge in [-0.1, -0.05) is 84.7 Å².